The lowest BCUT2D eigenvalue weighted by atomic mass is 9.99. The van der Waals surface area contributed by atoms with Crippen molar-refractivity contribution in [3.8, 4) is 11.1 Å². The number of aromatic amines is 1. The first-order chi connectivity index (χ1) is 15.9. The minimum Gasteiger partial charge on any atom is -0.388 e. The zero-order valence-corrected chi connectivity index (χ0v) is 18.9. The Hall–Kier alpha value is -3.59. The van der Waals surface area contributed by atoms with Crippen LogP contribution in [0.1, 0.15) is 29.3 Å². The first-order valence-corrected chi connectivity index (χ1v) is 11.7. The number of hydrogen-bond acceptors (Lipinski definition) is 4. The van der Waals surface area contributed by atoms with Gasteiger partial charge in [-0.1, -0.05) is 19.1 Å². The van der Waals surface area contributed by atoms with E-state index in [1.807, 2.05) is 38.2 Å². The van der Waals surface area contributed by atoms with Crippen molar-refractivity contribution in [2.75, 3.05) is 22.8 Å². The third-order valence-corrected chi connectivity index (χ3v) is 6.44. The molecule has 2 aromatic carbocycles. The second-order valence-electron chi connectivity index (χ2n) is 7.41. The lowest BCUT2D eigenvalue weighted by Crippen LogP contribution is -2.13. The fraction of sp³-hybridized carbons (Fsp3) is 0.167. The number of halogens is 2. The third kappa shape index (κ3) is 4.49. The predicted molar refractivity (Wildman–Crippen MR) is 128 cm³/mol. The molecule has 0 spiro atoms. The normalized spacial score (nSPS) is 12.0. The van der Waals surface area contributed by atoms with Gasteiger partial charge in [-0.2, -0.15) is 0 Å². The first-order valence-electron chi connectivity index (χ1n) is 10.4. The average molecular weight is 469 g/mol. The highest BCUT2D eigenvalue weighted by atomic mass is 32.2. The number of nitrogens with one attached hydrogen (secondary N) is 3. The fourth-order valence-electron chi connectivity index (χ4n) is 3.51. The first kappa shape index (κ1) is 22.6. The minimum absolute atomic E-state index is 0.0934. The summed E-state index contributed by atoms with van der Waals surface area (Å²) in [6.45, 7) is 1.84. The van der Waals surface area contributed by atoms with Crippen LogP contribution >= 0.6 is 0 Å². The van der Waals surface area contributed by atoms with Gasteiger partial charge in [0.25, 0.3) is 0 Å². The number of ketones is 1. The number of anilines is 2. The van der Waals surface area contributed by atoms with Crippen molar-refractivity contribution in [1.82, 2.24) is 9.97 Å². The van der Waals surface area contributed by atoms with E-state index in [0.717, 1.165) is 28.9 Å². The summed E-state index contributed by atoms with van der Waals surface area (Å²) in [4.78, 5) is 20.5. The number of pyridine rings is 1. The molecule has 0 bridgehead atoms. The predicted octanol–water partition coefficient (Wildman–Crippen LogP) is 5.27. The van der Waals surface area contributed by atoms with Gasteiger partial charge in [-0.25, -0.2) is 18.0 Å². The maximum Gasteiger partial charge on any atom is 0.201 e. The monoisotopic (exact) mass is 468 g/mol. The highest BCUT2D eigenvalue weighted by Gasteiger charge is 2.25. The highest BCUT2D eigenvalue weighted by molar-refractivity contribution is 7.86. The van der Waals surface area contributed by atoms with Gasteiger partial charge in [0.1, 0.15) is 22.5 Å². The summed E-state index contributed by atoms with van der Waals surface area (Å²) in [5.41, 5.74) is 2.21. The van der Waals surface area contributed by atoms with E-state index in [1.165, 1.54) is 6.20 Å². The van der Waals surface area contributed by atoms with Crippen LogP contribution in [0.4, 0.5) is 20.2 Å². The minimum atomic E-state index is -1.54. The molecule has 3 N–H and O–H groups in total. The number of hydrogen-bond donors (Lipinski definition) is 3. The molecule has 4 rings (SSSR count). The van der Waals surface area contributed by atoms with E-state index in [9.17, 15) is 13.4 Å². The summed E-state index contributed by atoms with van der Waals surface area (Å²) in [7, 11) is 0.284. The molecule has 2 heterocycles. The van der Waals surface area contributed by atoms with E-state index in [2.05, 4.69) is 20.0 Å². The Kier molecular flexibility index (Phi) is 6.50. The number of carbonyl (C=O) groups is 1. The Morgan fingerprint density at radius 3 is 2.58 bits per heavy atom. The summed E-state index contributed by atoms with van der Waals surface area (Å²) < 4.78 is 44.2. The van der Waals surface area contributed by atoms with Crippen LogP contribution in [-0.4, -0.2) is 32.8 Å². The molecular formula is C24H22F2N4O2S. The zero-order valence-electron chi connectivity index (χ0n) is 18.0. The van der Waals surface area contributed by atoms with Gasteiger partial charge >= 0.3 is 0 Å². The Morgan fingerprint density at radius 1 is 1.12 bits per heavy atom. The van der Waals surface area contributed by atoms with Gasteiger partial charge in [-0.15, -0.1) is 0 Å². The Balaban J connectivity index is 1.74. The summed E-state index contributed by atoms with van der Waals surface area (Å²) in [6.07, 6.45) is 3.68. The lowest BCUT2D eigenvalue weighted by molar-refractivity contribution is 0.103. The standard InChI is InChI=1S/C24H22F2N4O2S/c1-3-10-33(32)30-20-9-8-19(25)21(22(20)26)23(31)18-13-29-24-17(18)11-15(12-28-24)14-4-6-16(27-2)7-5-14/h4-9,11-13,27,30H,3,10H2,1-2H3,(H,28,29). The molecule has 0 aliphatic heterocycles. The molecule has 33 heavy (non-hydrogen) atoms. The van der Waals surface area contributed by atoms with Crippen LogP contribution in [0, 0.1) is 11.6 Å². The van der Waals surface area contributed by atoms with Crippen molar-refractivity contribution in [3.63, 3.8) is 0 Å². The molecule has 170 valence electrons. The molecule has 6 nitrogen and oxygen atoms in total. The number of carbonyl (C=O) groups excluding carboxylic acids is 1. The summed E-state index contributed by atoms with van der Waals surface area (Å²) in [6, 6.07) is 11.5. The molecule has 0 fully saturated rings. The van der Waals surface area contributed by atoms with Gasteiger partial charge in [0.15, 0.2) is 5.82 Å². The summed E-state index contributed by atoms with van der Waals surface area (Å²) in [5, 5.41) is 3.49. The topological polar surface area (TPSA) is 86.9 Å². The Bertz CT molecular complexity index is 1350. The average Bonchev–Trinajstić information content (AvgIpc) is 3.24. The largest absolute Gasteiger partial charge is 0.388 e. The van der Waals surface area contributed by atoms with Gasteiger partial charge in [0.05, 0.1) is 11.3 Å². The second-order valence-corrected chi connectivity index (χ2v) is 8.72. The maximum absolute atomic E-state index is 15.1. The van der Waals surface area contributed by atoms with Crippen LogP contribution in [0.5, 0.6) is 0 Å². The molecule has 2 aromatic heterocycles. The molecule has 0 radical (unpaired) electrons. The van der Waals surface area contributed by atoms with Crippen LogP contribution < -0.4 is 10.0 Å². The van der Waals surface area contributed by atoms with E-state index in [1.54, 1.807) is 12.3 Å². The number of nitrogens with zero attached hydrogens (tertiary/aromatic N) is 1. The fourth-order valence-corrected chi connectivity index (χ4v) is 4.39. The molecule has 9 heteroatoms. The Morgan fingerprint density at radius 2 is 1.88 bits per heavy atom. The van der Waals surface area contributed by atoms with Crippen LogP contribution in [0.3, 0.4) is 0 Å². The number of H-pyrrole nitrogens is 1. The molecule has 0 saturated carbocycles. The molecule has 0 saturated heterocycles. The van der Waals surface area contributed by atoms with Crippen molar-refractivity contribution in [2.24, 2.45) is 0 Å². The highest BCUT2D eigenvalue weighted by Crippen LogP contribution is 2.29. The third-order valence-electron chi connectivity index (χ3n) is 5.21. The van der Waals surface area contributed by atoms with Crippen LogP contribution in [-0.2, 0) is 11.0 Å². The van der Waals surface area contributed by atoms with E-state index < -0.39 is 34.0 Å². The SMILES string of the molecule is CCCS(=O)Nc1ccc(F)c(C(=O)c2c[nH]c3ncc(-c4ccc(NC)cc4)cc23)c1F. The van der Waals surface area contributed by atoms with Crippen molar-refractivity contribution in [1.29, 1.82) is 0 Å². The van der Waals surface area contributed by atoms with E-state index in [0.29, 0.717) is 23.2 Å². The van der Waals surface area contributed by atoms with Gasteiger partial charge in [-0.05, 0) is 42.3 Å². The van der Waals surface area contributed by atoms with E-state index in [4.69, 9.17) is 0 Å². The van der Waals surface area contributed by atoms with Crippen molar-refractivity contribution >= 4 is 39.2 Å². The van der Waals surface area contributed by atoms with Gasteiger partial charge in [0.2, 0.25) is 5.78 Å². The van der Waals surface area contributed by atoms with Crippen LogP contribution in [0.25, 0.3) is 22.2 Å². The molecule has 0 amide bonds. The zero-order chi connectivity index (χ0) is 23.5. The van der Waals surface area contributed by atoms with Crippen LogP contribution in [0.15, 0.2) is 54.9 Å². The maximum atomic E-state index is 15.1. The Labute approximate surface area is 192 Å². The number of rotatable bonds is 8. The summed E-state index contributed by atoms with van der Waals surface area (Å²) in [5.74, 6) is -2.60. The van der Waals surface area contributed by atoms with Gasteiger partial charge in [-0.3, -0.25) is 4.79 Å². The lowest BCUT2D eigenvalue weighted by Gasteiger charge is -2.10. The molecule has 1 unspecified atom stereocenters. The number of fused-ring (bicyclic) bond motifs is 1. The molecule has 1 atom stereocenters. The molecule has 0 aliphatic carbocycles. The second kappa shape index (κ2) is 9.50. The quantitative estimate of drug-likeness (QED) is 0.308. The smallest absolute Gasteiger partial charge is 0.201 e. The number of aromatic nitrogens is 2. The summed E-state index contributed by atoms with van der Waals surface area (Å²) >= 11 is 0. The molecule has 4 aromatic rings. The number of benzene rings is 2. The molecular weight excluding hydrogens is 446 g/mol. The molecule has 0 aliphatic rings. The van der Waals surface area contributed by atoms with Crippen molar-refractivity contribution < 1.29 is 17.8 Å². The van der Waals surface area contributed by atoms with E-state index >= 15 is 4.39 Å². The van der Waals surface area contributed by atoms with Crippen molar-refractivity contribution in [3.05, 3.63) is 77.6 Å². The van der Waals surface area contributed by atoms with Crippen molar-refractivity contribution in [2.45, 2.75) is 13.3 Å². The van der Waals surface area contributed by atoms with Crippen LogP contribution in [0.2, 0.25) is 0 Å². The van der Waals surface area contributed by atoms with Gasteiger partial charge in [0, 0.05) is 47.4 Å². The van der Waals surface area contributed by atoms with E-state index in [-0.39, 0.29) is 11.3 Å². The van der Waals surface area contributed by atoms with Gasteiger partial charge < -0.3 is 15.0 Å².